The molecule has 0 unspecified atom stereocenters. The monoisotopic (exact) mass is 311 g/mol. The van der Waals surface area contributed by atoms with Crippen molar-refractivity contribution in [3.8, 4) is 0 Å². The molecule has 2 heterocycles. The fourth-order valence-corrected chi connectivity index (χ4v) is 1.77. The number of aryl methyl sites for hydroxylation is 1. The summed E-state index contributed by atoms with van der Waals surface area (Å²) in [5, 5.41) is 2.43. The van der Waals surface area contributed by atoms with Crippen LogP contribution in [0.4, 0.5) is 19.0 Å². The van der Waals surface area contributed by atoms with Gasteiger partial charge in [0.1, 0.15) is 12.4 Å². The van der Waals surface area contributed by atoms with Gasteiger partial charge >= 0.3 is 6.18 Å². The summed E-state index contributed by atoms with van der Waals surface area (Å²) in [6, 6.07) is 6.40. The van der Waals surface area contributed by atoms with Gasteiger partial charge in [0, 0.05) is 18.0 Å². The van der Waals surface area contributed by atoms with Gasteiger partial charge in [-0.3, -0.25) is 9.59 Å². The smallest absolute Gasteiger partial charge is 0.309 e. The Morgan fingerprint density at radius 3 is 2.64 bits per heavy atom. The zero-order chi connectivity index (χ0) is 16.3. The fraction of sp³-hybridized carbons (Fsp3) is 0.214. The van der Waals surface area contributed by atoms with E-state index in [0.29, 0.717) is 22.5 Å². The first kappa shape index (κ1) is 15.7. The van der Waals surface area contributed by atoms with E-state index >= 15 is 0 Å². The van der Waals surface area contributed by atoms with E-state index in [1.807, 2.05) is 0 Å². The lowest BCUT2D eigenvalue weighted by Gasteiger charge is -2.11. The Bertz CT molecular complexity index is 753. The van der Waals surface area contributed by atoms with E-state index in [-0.39, 0.29) is 5.82 Å². The van der Waals surface area contributed by atoms with E-state index in [1.165, 1.54) is 0 Å². The Kier molecular flexibility index (Phi) is 4.30. The number of hydrogen-bond donors (Lipinski definition) is 1. The van der Waals surface area contributed by atoms with Gasteiger partial charge in [0.15, 0.2) is 0 Å². The van der Waals surface area contributed by atoms with Crippen LogP contribution in [0.2, 0.25) is 0 Å². The van der Waals surface area contributed by atoms with Crippen molar-refractivity contribution in [1.82, 2.24) is 9.55 Å². The average Bonchev–Trinajstić information content (AvgIpc) is 2.40. The van der Waals surface area contributed by atoms with E-state index < -0.39 is 29.8 Å². The van der Waals surface area contributed by atoms with Crippen molar-refractivity contribution >= 4 is 11.7 Å². The van der Waals surface area contributed by atoms with Gasteiger partial charge in [0.2, 0.25) is 5.91 Å². The van der Waals surface area contributed by atoms with Crippen LogP contribution in [-0.4, -0.2) is 15.5 Å². The highest BCUT2D eigenvalue weighted by Crippen LogP contribution is 2.27. The third kappa shape index (κ3) is 3.94. The maximum atomic E-state index is 12.6. The molecule has 0 aromatic carbocycles. The lowest BCUT2D eigenvalue weighted by atomic mass is 10.2. The predicted molar refractivity (Wildman–Crippen MR) is 73.3 cm³/mol. The number of carbonyl (C=O) groups excluding carboxylic acids is 1. The number of aromatic nitrogens is 2. The summed E-state index contributed by atoms with van der Waals surface area (Å²) >= 11 is 0. The number of halogens is 3. The van der Waals surface area contributed by atoms with Crippen molar-refractivity contribution in [2.75, 3.05) is 5.32 Å². The molecule has 116 valence electrons. The molecule has 0 bridgehead atoms. The van der Waals surface area contributed by atoms with Crippen molar-refractivity contribution in [3.63, 3.8) is 0 Å². The maximum absolute atomic E-state index is 12.6. The highest BCUT2D eigenvalue weighted by molar-refractivity contribution is 5.89. The highest BCUT2D eigenvalue weighted by Gasteiger charge is 2.31. The molecule has 2 rings (SSSR count). The molecule has 2 aromatic heterocycles. The van der Waals surface area contributed by atoms with Gasteiger partial charge in [-0.2, -0.15) is 13.2 Å². The normalized spacial score (nSPS) is 11.3. The fourth-order valence-electron chi connectivity index (χ4n) is 1.77. The quantitative estimate of drug-likeness (QED) is 0.945. The standard InChI is InChI=1S/C14H12F3N3O2/c1-9-3-2-4-11(18-9)19-12(21)8-20-7-10(14(15,16)17)5-6-13(20)22/h2-7H,8H2,1H3,(H,18,19,21). The van der Waals surface area contributed by atoms with Gasteiger partial charge in [-0.25, -0.2) is 4.98 Å². The van der Waals surface area contributed by atoms with Crippen molar-refractivity contribution in [2.24, 2.45) is 0 Å². The molecule has 0 aliphatic carbocycles. The Morgan fingerprint density at radius 2 is 2.00 bits per heavy atom. The Balaban J connectivity index is 2.16. The van der Waals surface area contributed by atoms with Crippen LogP contribution in [-0.2, 0) is 17.5 Å². The van der Waals surface area contributed by atoms with Gasteiger partial charge in [-0.15, -0.1) is 0 Å². The van der Waals surface area contributed by atoms with Crippen LogP contribution in [0, 0.1) is 6.92 Å². The highest BCUT2D eigenvalue weighted by atomic mass is 19.4. The van der Waals surface area contributed by atoms with Crippen LogP contribution in [0.3, 0.4) is 0 Å². The number of hydrogen-bond acceptors (Lipinski definition) is 3. The number of nitrogens with one attached hydrogen (secondary N) is 1. The maximum Gasteiger partial charge on any atom is 0.417 e. The second-order valence-electron chi connectivity index (χ2n) is 4.59. The van der Waals surface area contributed by atoms with Crippen LogP contribution < -0.4 is 10.9 Å². The van der Waals surface area contributed by atoms with Gasteiger partial charge in [0.05, 0.1) is 5.56 Å². The Hall–Kier alpha value is -2.64. The molecular weight excluding hydrogens is 299 g/mol. The molecule has 1 amide bonds. The van der Waals surface area contributed by atoms with Crippen LogP contribution in [0.25, 0.3) is 0 Å². The molecule has 0 radical (unpaired) electrons. The van der Waals surface area contributed by atoms with Crippen molar-refractivity contribution in [2.45, 2.75) is 19.6 Å². The lowest BCUT2D eigenvalue weighted by Crippen LogP contribution is -2.28. The minimum atomic E-state index is -4.58. The number of rotatable bonds is 3. The van der Waals surface area contributed by atoms with Crippen LogP contribution in [0.5, 0.6) is 0 Å². The molecular formula is C14H12F3N3O2. The van der Waals surface area contributed by atoms with Crippen molar-refractivity contribution in [3.05, 3.63) is 58.1 Å². The van der Waals surface area contributed by atoms with E-state index in [4.69, 9.17) is 0 Å². The molecule has 0 atom stereocenters. The Morgan fingerprint density at radius 1 is 1.27 bits per heavy atom. The number of nitrogens with zero attached hydrogens (tertiary/aromatic N) is 2. The second-order valence-corrected chi connectivity index (χ2v) is 4.59. The zero-order valence-corrected chi connectivity index (χ0v) is 11.5. The number of anilines is 1. The molecule has 0 saturated carbocycles. The second kappa shape index (κ2) is 6.00. The predicted octanol–water partition coefficient (Wildman–Crippen LogP) is 2.21. The van der Waals surface area contributed by atoms with Gasteiger partial charge in [-0.05, 0) is 25.1 Å². The molecule has 0 aliphatic heterocycles. The summed E-state index contributed by atoms with van der Waals surface area (Å²) in [5.74, 6) is -0.371. The summed E-state index contributed by atoms with van der Waals surface area (Å²) in [6.45, 7) is 1.20. The Labute approximate surface area is 123 Å². The summed E-state index contributed by atoms with van der Waals surface area (Å²) in [6.07, 6.45) is -3.96. The number of pyridine rings is 2. The zero-order valence-electron chi connectivity index (χ0n) is 11.5. The summed E-state index contributed by atoms with van der Waals surface area (Å²) < 4.78 is 38.5. The number of alkyl halides is 3. The van der Waals surface area contributed by atoms with Crippen LogP contribution in [0.1, 0.15) is 11.3 Å². The van der Waals surface area contributed by atoms with Crippen LogP contribution >= 0.6 is 0 Å². The molecule has 0 spiro atoms. The van der Waals surface area contributed by atoms with E-state index in [1.54, 1.807) is 25.1 Å². The lowest BCUT2D eigenvalue weighted by molar-refractivity contribution is -0.138. The first-order chi connectivity index (χ1) is 10.3. The average molecular weight is 311 g/mol. The van der Waals surface area contributed by atoms with Gasteiger partial charge in [0.25, 0.3) is 5.56 Å². The third-order valence-corrected chi connectivity index (χ3v) is 2.78. The number of amides is 1. The SMILES string of the molecule is Cc1cccc(NC(=O)Cn2cc(C(F)(F)F)ccc2=O)n1. The molecule has 8 heteroatoms. The largest absolute Gasteiger partial charge is 0.417 e. The van der Waals surface area contributed by atoms with Crippen LogP contribution in [0.15, 0.2) is 41.3 Å². The van der Waals surface area contributed by atoms with E-state index in [2.05, 4.69) is 10.3 Å². The van der Waals surface area contributed by atoms with Crippen molar-refractivity contribution < 1.29 is 18.0 Å². The van der Waals surface area contributed by atoms with E-state index in [0.717, 1.165) is 6.07 Å². The molecule has 1 N–H and O–H groups in total. The third-order valence-electron chi connectivity index (χ3n) is 2.78. The molecule has 0 saturated heterocycles. The summed E-state index contributed by atoms with van der Waals surface area (Å²) in [4.78, 5) is 27.4. The molecule has 2 aromatic rings. The number of carbonyl (C=O) groups is 1. The van der Waals surface area contributed by atoms with Gasteiger partial charge in [-0.1, -0.05) is 6.07 Å². The summed E-state index contributed by atoms with van der Waals surface area (Å²) in [5.41, 5.74) is -1.01. The first-order valence-corrected chi connectivity index (χ1v) is 6.27. The molecule has 22 heavy (non-hydrogen) atoms. The van der Waals surface area contributed by atoms with Crippen molar-refractivity contribution in [1.29, 1.82) is 0 Å². The first-order valence-electron chi connectivity index (χ1n) is 6.27. The van der Waals surface area contributed by atoms with E-state index in [9.17, 15) is 22.8 Å². The summed E-state index contributed by atoms with van der Waals surface area (Å²) in [7, 11) is 0. The molecule has 0 aliphatic rings. The van der Waals surface area contributed by atoms with Gasteiger partial charge < -0.3 is 9.88 Å². The minimum absolute atomic E-state index is 0.269. The molecule has 0 fully saturated rings. The molecule has 5 nitrogen and oxygen atoms in total. The minimum Gasteiger partial charge on any atom is -0.309 e. The topological polar surface area (TPSA) is 64.0 Å².